The van der Waals surface area contributed by atoms with E-state index in [1.165, 1.54) is 0 Å². The third-order valence-corrected chi connectivity index (χ3v) is 2.36. The number of nitrogens with zero attached hydrogens (tertiary/aromatic N) is 1. The Balaban J connectivity index is 2.78. The van der Waals surface area contributed by atoms with Crippen molar-refractivity contribution in [2.75, 3.05) is 0 Å². The van der Waals surface area contributed by atoms with Crippen molar-refractivity contribution in [2.24, 2.45) is 0 Å². The van der Waals surface area contributed by atoms with Crippen molar-refractivity contribution in [1.29, 1.82) is 0 Å². The average molecular weight is 294 g/mol. The summed E-state index contributed by atoms with van der Waals surface area (Å²) in [6.07, 6.45) is 2.34. The summed E-state index contributed by atoms with van der Waals surface area (Å²) in [5, 5.41) is 2.54. The van der Waals surface area contributed by atoms with Gasteiger partial charge in [0.1, 0.15) is 0 Å². The van der Waals surface area contributed by atoms with Crippen molar-refractivity contribution in [1.82, 2.24) is 10.3 Å². The molecule has 64 valence electrons. The maximum absolute atomic E-state index is 9.99. The molecule has 12 heavy (non-hydrogen) atoms. The second-order valence-corrected chi connectivity index (χ2v) is 3.85. The molecule has 0 radical (unpaired) electrons. The Morgan fingerprint density at radius 1 is 1.58 bits per heavy atom. The highest BCUT2D eigenvalue weighted by Gasteiger charge is 2.00. The van der Waals surface area contributed by atoms with Crippen molar-refractivity contribution in [3.63, 3.8) is 0 Å². The van der Waals surface area contributed by atoms with Gasteiger partial charge in [-0.15, -0.1) is 0 Å². The molecule has 0 aromatic carbocycles. The smallest absolute Gasteiger partial charge is 0.207 e. The highest BCUT2D eigenvalue weighted by Crippen LogP contribution is 2.18. The number of halogens is 2. The van der Waals surface area contributed by atoms with Crippen molar-refractivity contribution < 1.29 is 4.79 Å². The molecule has 0 atom stereocenters. The Kier molecular flexibility index (Phi) is 3.68. The van der Waals surface area contributed by atoms with Gasteiger partial charge in [0.15, 0.2) is 0 Å². The van der Waals surface area contributed by atoms with Gasteiger partial charge < -0.3 is 5.32 Å². The molecule has 0 unspecified atom stereocenters. The maximum atomic E-state index is 9.99. The molecule has 1 rings (SSSR count). The zero-order chi connectivity index (χ0) is 8.97. The fraction of sp³-hybridized carbons (Fsp3) is 0.143. The van der Waals surface area contributed by atoms with Gasteiger partial charge in [-0.2, -0.15) is 0 Å². The summed E-state index contributed by atoms with van der Waals surface area (Å²) in [6.45, 7) is 0.442. The first kappa shape index (κ1) is 9.67. The quantitative estimate of drug-likeness (QED) is 0.864. The highest BCUT2D eigenvalue weighted by atomic mass is 79.9. The molecule has 5 heteroatoms. The van der Waals surface area contributed by atoms with Crippen LogP contribution in [0.25, 0.3) is 0 Å². The molecular weight excluding hydrogens is 288 g/mol. The Bertz CT molecular complexity index is 291. The summed E-state index contributed by atoms with van der Waals surface area (Å²) in [7, 11) is 0. The first-order chi connectivity index (χ1) is 5.74. The lowest BCUT2D eigenvalue weighted by Gasteiger charge is -2.01. The van der Waals surface area contributed by atoms with Gasteiger partial charge in [-0.25, -0.2) is 0 Å². The van der Waals surface area contributed by atoms with Crippen LogP contribution in [0.1, 0.15) is 5.69 Å². The number of pyridine rings is 1. The third kappa shape index (κ3) is 2.57. The predicted octanol–water partition coefficient (Wildman–Crippen LogP) is 1.85. The van der Waals surface area contributed by atoms with Gasteiger partial charge in [0.2, 0.25) is 6.41 Å². The fourth-order valence-corrected chi connectivity index (χ4v) is 1.84. The molecule has 0 saturated carbocycles. The summed E-state index contributed by atoms with van der Waals surface area (Å²) >= 11 is 6.61. The minimum atomic E-state index is 0.442. The van der Waals surface area contributed by atoms with Crippen molar-refractivity contribution in [3.05, 3.63) is 26.9 Å². The number of hydrogen-bond donors (Lipinski definition) is 1. The number of amides is 1. The molecule has 0 saturated heterocycles. The molecule has 0 aliphatic heterocycles. The average Bonchev–Trinajstić information content (AvgIpc) is 2.03. The first-order valence-electron chi connectivity index (χ1n) is 3.21. The van der Waals surface area contributed by atoms with Gasteiger partial charge in [-0.05, 0) is 37.9 Å². The van der Waals surface area contributed by atoms with Gasteiger partial charge in [0, 0.05) is 15.1 Å². The zero-order valence-corrected chi connectivity index (χ0v) is 9.22. The maximum Gasteiger partial charge on any atom is 0.207 e. The molecule has 0 aliphatic rings. The van der Waals surface area contributed by atoms with E-state index in [4.69, 9.17) is 0 Å². The Morgan fingerprint density at radius 2 is 2.33 bits per heavy atom. The topological polar surface area (TPSA) is 42.0 Å². The van der Waals surface area contributed by atoms with E-state index in [0.29, 0.717) is 13.0 Å². The number of carbonyl (C=O) groups is 1. The number of aromatic nitrogens is 1. The molecule has 0 spiro atoms. The lowest BCUT2D eigenvalue weighted by atomic mass is 10.3. The second kappa shape index (κ2) is 4.57. The minimum Gasteiger partial charge on any atom is -0.353 e. The monoisotopic (exact) mass is 292 g/mol. The van der Waals surface area contributed by atoms with Crippen LogP contribution in [0.15, 0.2) is 21.2 Å². The molecule has 0 aliphatic carbocycles. The van der Waals surface area contributed by atoms with E-state index < -0.39 is 0 Å². The summed E-state index contributed by atoms with van der Waals surface area (Å²) in [4.78, 5) is 14.1. The van der Waals surface area contributed by atoms with E-state index >= 15 is 0 Å². The Hall–Kier alpha value is -0.420. The number of carbonyl (C=O) groups excluding carboxylic acids is 1. The van der Waals surface area contributed by atoms with E-state index in [9.17, 15) is 4.79 Å². The van der Waals surface area contributed by atoms with E-state index in [2.05, 4.69) is 42.2 Å². The number of hydrogen-bond acceptors (Lipinski definition) is 2. The van der Waals surface area contributed by atoms with E-state index in [0.717, 1.165) is 14.6 Å². The molecule has 1 aromatic rings. The van der Waals surface area contributed by atoms with Gasteiger partial charge in [0.05, 0.1) is 12.2 Å². The first-order valence-corrected chi connectivity index (χ1v) is 4.79. The molecule has 1 amide bonds. The Morgan fingerprint density at radius 3 is 2.92 bits per heavy atom. The molecule has 3 nitrogen and oxygen atoms in total. The summed E-state index contributed by atoms with van der Waals surface area (Å²) in [5.41, 5.74) is 0.810. The van der Waals surface area contributed by atoms with Gasteiger partial charge in [-0.3, -0.25) is 9.78 Å². The van der Waals surface area contributed by atoms with Crippen LogP contribution in [0.5, 0.6) is 0 Å². The van der Waals surface area contributed by atoms with Crippen LogP contribution in [0.2, 0.25) is 0 Å². The second-order valence-electron chi connectivity index (χ2n) is 2.08. The molecule has 1 aromatic heterocycles. The molecule has 1 heterocycles. The van der Waals surface area contributed by atoms with Crippen LogP contribution in [0, 0.1) is 0 Å². The van der Waals surface area contributed by atoms with Crippen molar-refractivity contribution >= 4 is 38.3 Å². The van der Waals surface area contributed by atoms with Crippen LogP contribution in [0.3, 0.4) is 0 Å². The summed E-state index contributed by atoms with van der Waals surface area (Å²) in [6, 6.07) is 1.88. The van der Waals surface area contributed by atoms with Crippen LogP contribution >= 0.6 is 31.9 Å². The van der Waals surface area contributed by atoms with Crippen molar-refractivity contribution in [3.8, 4) is 0 Å². The van der Waals surface area contributed by atoms with Crippen molar-refractivity contribution in [2.45, 2.75) is 6.54 Å². The SMILES string of the molecule is O=CNCc1ncc(Br)cc1Br. The normalized spacial score (nSPS) is 9.50. The van der Waals surface area contributed by atoms with E-state index in [-0.39, 0.29) is 0 Å². The number of rotatable bonds is 3. The van der Waals surface area contributed by atoms with E-state index in [1.807, 2.05) is 6.07 Å². The van der Waals surface area contributed by atoms with E-state index in [1.54, 1.807) is 6.20 Å². The fourth-order valence-electron chi connectivity index (χ4n) is 0.711. The lowest BCUT2D eigenvalue weighted by Crippen LogP contribution is -2.11. The van der Waals surface area contributed by atoms with Gasteiger partial charge >= 0.3 is 0 Å². The minimum absolute atomic E-state index is 0.442. The Labute approximate surface area is 86.8 Å². The van der Waals surface area contributed by atoms with Crippen LogP contribution in [0.4, 0.5) is 0 Å². The van der Waals surface area contributed by atoms with Crippen LogP contribution in [-0.4, -0.2) is 11.4 Å². The predicted molar refractivity (Wildman–Crippen MR) is 52.5 cm³/mol. The molecular formula is C7H6Br2N2O. The summed E-state index contributed by atoms with van der Waals surface area (Å²) < 4.78 is 1.79. The molecule has 0 fully saturated rings. The van der Waals surface area contributed by atoms with Gasteiger partial charge in [-0.1, -0.05) is 0 Å². The summed E-state index contributed by atoms with van der Waals surface area (Å²) in [5.74, 6) is 0. The molecule has 1 N–H and O–H groups in total. The lowest BCUT2D eigenvalue weighted by molar-refractivity contribution is -0.109. The zero-order valence-electron chi connectivity index (χ0n) is 6.05. The number of nitrogens with one attached hydrogen (secondary N) is 1. The van der Waals surface area contributed by atoms with Crippen LogP contribution in [-0.2, 0) is 11.3 Å². The highest BCUT2D eigenvalue weighted by molar-refractivity contribution is 9.11. The molecule has 0 bridgehead atoms. The van der Waals surface area contributed by atoms with Gasteiger partial charge in [0.25, 0.3) is 0 Å². The third-order valence-electron chi connectivity index (χ3n) is 1.24. The largest absolute Gasteiger partial charge is 0.353 e. The van der Waals surface area contributed by atoms with Crippen LogP contribution < -0.4 is 5.32 Å². The standard InChI is InChI=1S/C7H6Br2N2O/c8-5-1-6(9)7(11-2-5)3-10-4-12/h1-2,4H,3H2,(H,10,12).